The minimum absolute atomic E-state index is 0.0289. The van der Waals surface area contributed by atoms with Crippen LogP contribution >= 0.6 is 15.9 Å². The Balaban J connectivity index is 2.68. The maximum absolute atomic E-state index is 12.3. The summed E-state index contributed by atoms with van der Waals surface area (Å²) in [7, 11) is 2.10. The van der Waals surface area contributed by atoms with E-state index in [9.17, 15) is 4.79 Å². The molecule has 1 aliphatic rings. The molecule has 0 aromatic rings. The number of aliphatic hydroxyl groups is 1. The SMILES string of the molecule is CN1CCC(N(CCO)C(=O)C(C)(C)Br)CC1. The predicted octanol–water partition coefficient (Wildman–Crippen LogP) is 1.07. The van der Waals surface area contributed by atoms with Gasteiger partial charge in [-0.05, 0) is 46.8 Å². The number of nitrogens with zero attached hydrogens (tertiary/aromatic N) is 2. The van der Waals surface area contributed by atoms with Crippen LogP contribution in [0.1, 0.15) is 26.7 Å². The van der Waals surface area contributed by atoms with Gasteiger partial charge in [0.1, 0.15) is 0 Å². The zero-order valence-electron chi connectivity index (χ0n) is 10.9. The van der Waals surface area contributed by atoms with Crippen LogP contribution in [0, 0.1) is 0 Å². The lowest BCUT2D eigenvalue weighted by Crippen LogP contribution is -2.52. The molecule has 0 atom stereocenters. The number of amides is 1. The molecule has 0 spiro atoms. The molecule has 0 bridgehead atoms. The van der Waals surface area contributed by atoms with E-state index >= 15 is 0 Å². The van der Waals surface area contributed by atoms with Gasteiger partial charge in [0.2, 0.25) is 5.91 Å². The summed E-state index contributed by atoms with van der Waals surface area (Å²) in [6.45, 7) is 6.21. The number of likely N-dealkylation sites (tertiary alicyclic amines) is 1. The Morgan fingerprint density at radius 2 is 2.00 bits per heavy atom. The zero-order valence-corrected chi connectivity index (χ0v) is 12.5. The number of piperidine rings is 1. The highest BCUT2D eigenvalue weighted by Gasteiger charge is 2.34. The summed E-state index contributed by atoms with van der Waals surface area (Å²) >= 11 is 3.41. The van der Waals surface area contributed by atoms with Crippen molar-refractivity contribution >= 4 is 21.8 Å². The van der Waals surface area contributed by atoms with Crippen molar-refractivity contribution in [2.75, 3.05) is 33.3 Å². The average molecular weight is 307 g/mol. The number of hydrogen-bond donors (Lipinski definition) is 1. The quantitative estimate of drug-likeness (QED) is 0.790. The average Bonchev–Trinajstić information content (AvgIpc) is 2.25. The fourth-order valence-electron chi connectivity index (χ4n) is 2.21. The van der Waals surface area contributed by atoms with E-state index in [-0.39, 0.29) is 18.6 Å². The van der Waals surface area contributed by atoms with Gasteiger partial charge in [0, 0.05) is 12.6 Å². The van der Waals surface area contributed by atoms with Gasteiger partial charge < -0.3 is 14.9 Å². The van der Waals surface area contributed by atoms with E-state index in [1.807, 2.05) is 18.7 Å². The Morgan fingerprint density at radius 3 is 2.41 bits per heavy atom. The molecule has 100 valence electrons. The number of halogens is 1. The normalized spacial score (nSPS) is 19.4. The molecule has 5 heteroatoms. The molecule has 17 heavy (non-hydrogen) atoms. The Labute approximate surface area is 112 Å². The third kappa shape index (κ3) is 4.23. The maximum atomic E-state index is 12.3. The third-order valence-corrected chi connectivity index (χ3v) is 3.58. The molecule has 0 aliphatic carbocycles. The summed E-state index contributed by atoms with van der Waals surface area (Å²) in [5.41, 5.74) is 0. The van der Waals surface area contributed by atoms with Gasteiger partial charge in [-0.3, -0.25) is 4.79 Å². The summed E-state index contributed by atoms with van der Waals surface area (Å²) in [4.78, 5) is 16.4. The number of hydrogen-bond acceptors (Lipinski definition) is 3. The lowest BCUT2D eigenvalue weighted by molar-refractivity contribution is -0.136. The second kappa shape index (κ2) is 6.16. The summed E-state index contributed by atoms with van der Waals surface area (Å²) in [6.07, 6.45) is 1.98. The first kappa shape index (κ1) is 14.9. The lowest BCUT2D eigenvalue weighted by atomic mass is 10.0. The second-order valence-electron chi connectivity index (χ2n) is 5.23. The molecule has 1 aliphatic heterocycles. The van der Waals surface area contributed by atoms with E-state index in [1.54, 1.807) is 0 Å². The first-order chi connectivity index (χ1) is 7.86. The molecule has 0 aromatic heterocycles. The monoisotopic (exact) mass is 306 g/mol. The second-order valence-corrected chi connectivity index (χ2v) is 7.21. The molecular formula is C12H23BrN2O2. The smallest absolute Gasteiger partial charge is 0.239 e. The molecule has 4 nitrogen and oxygen atoms in total. The maximum Gasteiger partial charge on any atom is 0.239 e. The Hall–Kier alpha value is -0.130. The summed E-state index contributed by atoms with van der Waals surface area (Å²) in [5.74, 6) is 0.0705. The van der Waals surface area contributed by atoms with Gasteiger partial charge in [-0.1, -0.05) is 15.9 Å². The van der Waals surface area contributed by atoms with Crippen molar-refractivity contribution in [3.8, 4) is 0 Å². The van der Waals surface area contributed by atoms with E-state index in [4.69, 9.17) is 5.11 Å². The van der Waals surface area contributed by atoms with Gasteiger partial charge in [0.05, 0.1) is 10.9 Å². The molecule has 1 heterocycles. The number of carbonyl (C=O) groups is 1. The van der Waals surface area contributed by atoms with Crippen molar-refractivity contribution in [1.82, 2.24) is 9.80 Å². The number of alkyl halides is 1. The van der Waals surface area contributed by atoms with Crippen LogP contribution in [-0.2, 0) is 4.79 Å². The Morgan fingerprint density at radius 1 is 1.47 bits per heavy atom. The van der Waals surface area contributed by atoms with E-state index in [0.29, 0.717) is 6.54 Å². The fourth-order valence-corrected chi connectivity index (χ4v) is 2.43. The summed E-state index contributed by atoms with van der Waals surface area (Å²) in [5, 5.41) is 9.11. The van der Waals surface area contributed by atoms with Gasteiger partial charge in [0.15, 0.2) is 0 Å². The summed E-state index contributed by atoms with van der Waals surface area (Å²) < 4.78 is -0.550. The fraction of sp³-hybridized carbons (Fsp3) is 0.917. The highest BCUT2D eigenvalue weighted by atomic mass is 79.9. The van der Waals surface area contributed by atoms with Crippen molar-refractivity contribution in [3.05, 3.63) is 0 Å². The van der Waals surface area contributed by atoms with Crippen molar-refractivity contribution < 1.29 is 9.90 Å². The van der Waals surface area contributed by atoms with Gasteiger partial charge in [-0.2, -0.15) is 0 Å². The van der Waals surface area contributed by atoms with Crippen LogP contribution in [0.3, 0.4) is 0 Å². The number of carbonyl (C=O) groups excluding carboxylic acids is 1. The topological polar surface area (TPSA) is 43.8 Å². The van der Waals surface area contributed by atoms with Crippen molar-refractivity contribution in [3.63, 3.8) is 0 Å². The molecule has 0 saturated carbocycles. The van der Waals surface area contributed by atoms with E-state index in [0.717, 1.165) is 25.9 Å². The first-order valence-corrected chi connectivity index (χ1v) is 6.95. The van der Waals surface area contributed by atoms with E-state index in [1.165, 1.54) is 0 Å². The van der Waals surface area contributed by atoms with Crippen LogP contribution in [0.25, 0.3) is 0 Å². The number of aliphatic hydroxyl groups excluding tert-OH is 1. The van der Waals surface area contributed by atoms with Gasteiger partial charge in [-0.15, -0.1) is 0 Å². The van der Waals surface area contributed by atoms with Gasteiger partial charge >= 0.3 is 0 Å². The van der Waals surface area contributed by atoms with Crippen LogP contribution in [0.4, 0.5) is 0 Å². The predicted molar refractivity (Wildman–Crippen MR) is 72.3 cm³/mol. The lowest BCUT2D eigenvalue weighted by Gasteiger charge is -2.39. The highest BCUT2D eigenvalue weighted by molar-refractivity contribution is 9.10. The first-order valence-electron chi connectivity index (χ1n) is 6.15. The largest absolute Gasteiger partial charge is 0.395 e. The van der Waals surface area contributed by atoms with Crippen molar-refractivity contribution in [2.45, 2.75) is 37.1 Å². The molecule has 1 amide bonds. The van der Waals surface area contributed by atoms with Crippen molar-refractivity contribution in [1.29, 1.82) is 0 Å². The van der Waals surface area contributed by atoms with Crippen LogP contribution in [0.5, 0.6) is 0 Å². The van der Waals surface area contributed by atoms with E-state index < -0.39 is 4.32 Å². The van der Waals surface area contributed by atoms with E-state index in [2.05, 4.69) is 27.9 Å². The minimum Gasteiger partial charge on any atom is -0.395 e. The third-order valence-electron chi connectivity index (χ3n) is 3.24. The highest BCUT2D eigenvalue weighted by Crippen LogP contribution is 2.24. The molecule has 1 N–H and O–H groups in total. The van der Waals surface area contributed by atoms with Crippen LogP contribution in [0.2, 0.25) is 0 Å². The molecular weight excluding hydrogens is 284 g/mol. The molecule has 0 radical (unpaired) electrons. The Kier molecular flexibility index (Phi) is 5.41. The van der Waals surface area contributed by atoms with Gasteiger partial charge in [0.25, 0.3) is 0 Å². The van der Waals surface area contributed by atoms with Gasteiger partial charge in [-0.25, -0.2) is 0 Å². The van der Waals surface area contributed by atoms with Crippen LogP contribution < -0.4 is 0 Å². The molecule has 0 unspecified atom stereocenters. The molecule has 1 rings (SSSR count). The zero-order chi connectivity index (χ0) is 13.1. The summed E-state index contributed by atoms with van der Waals surface area (Å²) in [6, 6.07) is 0.266. The molecule has 0 aromatic carbocycles. The standard InChI is InChI=1S/C12H23BrN2O2/c1-12(2,13)11(17)15(8-9-16)10-4-6-14(3)7-5-10/h10,16H,4-9H2,1-3H3. The molecule has 1 saturated heterocycles. The van der Waals surface area contributed by atoms with Crippen LogP contribution in [0.15, 0.2) is 0 Å². The van der Waals surface area contributed by atoms with Crippen LogP contribution in [-0.4, -0.2) is 64.5 Å². The van der Waals surface area contributed by atoms with Crippen molar-refractivity contribution in [2.24, 2.45) is 0 Å². The Bertz CT molecular complexity index is 258. The minimum atomic E-state index is -0.550. The number of rotatable bonds is 4. The molecule has 1 fully saturated rings.